The molecule has 1 aliphatic rings. The zero-order valence-electron chi connectivity index (χ0n) is 10.3. The van der Waals surface area contributed by atoms with E-state index in [0.717, 1.165) is 12.5 Å². The van der Waals surface area contributed by atoms with E-state index in [2.05, 4.69) is 4.72 Å². The lowest BCUT2D eigenvalue weighted by atomic mass is 10.1. The molecule has 4 N–H and O–H groups in total. The number of nitrogens with two attached hydrogens (primary N) is 1. The maximum Gasteiger partial charge on any atom is 0.240 e. The third kappa shape index (κ3) is 3.43. The quantitative estimate of drug-likeness (QED) is 0.716. The number of nitrogen functional groups attached to an aromatic ring is 1. The largest absolute Gasteiger partial charge is 0.396 e. The van der Waals surface area contributed by atoms with Gasteiger partial charge in [0.1, 0.15) is 5.82 Å². The van der Waals surface area contributed by atoms with Crippen LogP contribution in [-0.2, 0) is 10.0 Å². The fraction of sp³-hybridized carbons (Fsp3) is 0.500. The van der Waals surface area contributed by atoms with Crippen LogP contribution in [0.3, 0.4) is 0 Å². The monoisotopic (exact) mass is 288 g/mol. The van der Waals surface area contributed by atoms with E-state index in [4.69, 9.17) is 5.73 Å². The topological polar surface area (TPSA) is 92.4 Å². The SMILES string of the molecule is Nc1ccc(S(=O)(=O)NCC2CCC(O)C2)cc1F. The second-order valence-electron chi connectivity index (χ2n) is 4.87. The highest BCUT2D eigenvalue weighted by molar-refractivity contribution is 7.89. The first-order valence-electron chi connectivity index (χ1n) is 6.11. The molecular formula is C12H17FN2O3S. The van der Waals surface area contributed by atoms with E-state index in [9.17, 15) is 17.9 Å². The Hall–Kier alpha value is -1.18. The summed E-state index contributed by atoms with van der Waals surface area (Å²) in [6.07, 6.45) is 1.74. The third-order valence-corrected chi connectivity index (χ3v) is 4.78. The number of anilines is 1. The average molecular weight is 288 g/mol. The Morgan fingerprint density at radius 1 is 1.42 bits per heavy atom. The molecule has 1 aromatic rings. The second kappa shape index (κ2) is 5.44. The van der Waals surface area contributed by atoms with Gasteiger partial charge in [0.2, 0.25) is 10.0 Å². The van der Waals surface area contributed by atoms with E-state index in [-0.39, 0.29) is 29.1 Å². The van der Waals surface area contributed by atoms with Crippen molar-refractivity contribution >= 4 is 15.7 Å². The van der Waals surface area contributed by atoms with Crippen molar-refractivity contribution in [1.82, 2.24) is 4.72 Å². The zero-order valence-corrected chi connectivity index (χ0v) is 11.2. The van der Waals surface area contributed by atoms with Crippen molar-refractivity contribution in [3.63, 3.8) is 0 Å². The Bertz CT molecular complexity index is 562. The molecule has 2 unspecified atom stereocenters. The number of benzene rings is 1. The van der Waals surface area contributed by atoms with Gasteiger partial charge in [0.15, 0.2) is 0 Å². The first-order valence-corrected chi connectivity index (χ1v) is 7.59. The molecule has 7 heteroatoms. The van der Waals surface area contributed by atoms with Gasteiger partial charge < -0.3 is 10.8 Å². The van der Waals surface area contributed by atoms with Gasteiger partial charge in [-0.25, -0.2) is 17.5 Å². The molecule has 1 fully saturated rings. The normalized spacial score (nSPS) is 23.7. The van der Waals surface area contributed by atoms with Crippen molar-refractivity contribution in [1.29, 1.82) is 0 Å². The zero-order chi connectivity index (χ0) is 14.0. The summed E-state index contributed by atoms with van der Waals surface area (Å²) in [5, 5.41) is 9.37. The molecule has 0 aliphatic heterocycles. The van der Waals surface area contributed by atoms with Crippen molar-refractivity contribution in [3.8, 4) is 0 Å². The van der Waals surface area contributed by atoms with E-state index in [1.165, 1.54) is 12.1 Å². The molecular weight excluding hydrogens is 271 g/mol. The summed E-state index contributed by atoms with van der Waals surface area (Å²) in [5.41, 5.74) is 5.22. The van der Waals surface area contributed by atoms with Crippen molar-refractivity contribution < 1.29 is 17.9 Å². The lowest BCUT2D eigenvalue weighted by Crippen LogP contribution is -2.29. The molecule has 19 heavy (non-hydrogen) atoms. The maximum absolute atomic E-state index is 13.3. The highest BCUT2D eigenvalue weighted by Gasteiger charge is 2.25. The van der Waals surface area contributed by atoms with E-state index in [0.29, 0.717) is 12.8 Å². The fourth-order valence-electron chi connectivity index (χ4n) is 2.22. The molecule has 0 heterocycles. The van der Waals surface area contributed by atoms with Gasteiger partial charge in [-0.05, 0) is 43.4 Å². The number of rotatable bonds is 4. The minimum atomic E-state index is -3.73. The van der Waals surface area contributed by atoms with Crippen molar-refractivity contribution in [2.24, 2.45) is 5.92 Å². The van der Waals surface area contributed by atoms with Crippen molar-refractivity contribution in [3.05, 3.63) is 24.0 Å². The summed E-state index contributed by atoms with van der Waals surface area (Å²) in [6, 6.07) is 3.40. The Kier molecular flexibility index (Phi) is 4.07. The molecule has 0 aromatic heterocycles. The summed E-state index contributed by atoms with van der Waals surface area (Å²) in [5.74, 6) is -0.623. The number of aliphatic hydroxyl groups excluding tert-OH is 1. The molecule has 0 amide bonds. The van der Waals surface area contributed by atoms with Gasteiger partial charge >= 0.3 is 0 Å². The number of hydrogen-bond donors (Lipinski definition) is 3. The maximum atomic E-state index is 13.3. The van der Waals surface area contributed by atoms with Crippen LogP contribution in [-0.4, -0.2) is 26.2 Å². The van der Waals surface area contributed by atoms with Gasteiger partial charge in [0, 0.05) is 6.54 Å². The molecule has 0 saturated heterocycles. The van der Waals surface area contributed by atoms with Crippen molar-refractivity contribution in [2.75, 3.05) is 12.3 Å². The van der Waals surface area contributed by atoms with Gasteiger partial charge in [0.25, 0.3) is 0 Å². The third-order valence-electron chi connectivity index (χ3n) is 3.36. The summed E-state index contributed by atoms with van der Waals surface area (Å²) >= 11 is 0. The molecule has 0 spiro atoms. The van der Waals surface area contributed by atoms with Crippen LogP contribution in [0.25, 0.3) is 0 Å². The number of hydrogen-bond acceptors (Lipinski definition) is 4. The summed E-state index contributed by atoms with van der Waals surface area (Å²) in [4.78, 5) is -0.141. The van der Waals surface area contributed by atoms with Crippen LogP contribution in [0.1, 0.15) is 19.3 Å². The van der Waals surface area contributed by atoms with Crippen LogP contribution in [0.5, 0.6) is 0 Å². The van der Waals surface area contributed by atoms with Crippen LogP contribution in [0.4, 0.5) is 10.1 Å². The lowest BCUT2D eigenvalue weighted by Gasteiger charge is -2.11. The van der Waals surface area contributed by atoms with Gasteiger partial charge in [-0.3, -0.25) is 0 Å². The van der Waals surface area contributed by atoms with Crippen LogP contribution in [0.15, 0.2) is 23.1 Å². The van der Waals surface area contributed by atoms with Crippen LogP contribution >= 0.6 is 0 Å². The van der Waals surface area contributed by atoms with Crippen LogP contribution in [0, 0.1) is 11.7 Å². The van der Waals surface area contributed by atoms with Gasteiger partial charge in [0.05, 0.1) is 16.7 Å². The van der Waals surface area contributed by atoms with E-state index in [1.54, 1.807) is 0 Å². The second-order valence-corrected chi connectivity index (χ2v) is 6.64. The molecule has 5 nitrogen and oxygen atoms in total. The molecule has 1 saturated carbocycles. The van der Waals surface area contributed by atoms with Crippen LogP contribution in [0.2, 0.25) is 0 Å². The predicted octanol–water partition coefficient (Wildman–Crippen LogP) is 0.847. The smallest absolute Gasteiger partial charge is 0.240 e. The minimum Gasteiger partial charge on any atom is -0.396 e. The van der Waals surface area contributed by atoms with Gasteiger partial charge in [-0.15, -0.1) is 0 Å². The molecule has 0 radical (unpaired) electrons. The Labute approximate surface area is 111 Å². The number of halogens is 1. The summed E-state index contributed by atoms with van der Waals surface area (Å²) in [6.45, 7) is 0.255. The van der Waals surface area contributed by atoms with Gasteiger partial charge in [-0.2, -0.15) is 0 Å². The molecule has 2 atom stereocenters. The fourth-order valence-corrected chi connectivity index (χ4v) is 3.35. The van der Waals surface area contributed by atoms with E-state index < -0.39 is 15.8 Å². The number of sulfonamides is 1. The summed E-state index contributed by atoms with van der Waals surface area (Å²) < 4.78 is 39.6. The number of aliphatic hydroxyl groups is 1. The average Bonchev–Trinajstić information content (AvgIpc) is 2.76. The minimum absolute atomic E-state index is 0.0853. The highest BCUT2D eigenvalue weighted by Crippen LogP contribution is 2.25. The first-order chi connectivity index (χ1) is 8.88. The molecule has 106 valence electrons. The van der Waals surface area contributed by atoms with E-state index >= 15 is 0 Å². The molecule has 0 bridgehead atoms. The highest BCUT2D eigenvalue weighted by atomic mass is 32.2. The van der Waals surface area contributed by atoms with Crippen LogP contribution < -0.4 is 10.5 Å². The Morgan fingerprint density at radius 3 is 2.74 bits per heavy atom. The van der Waals surface area contributed by atoms with Gasteiger partial charge in [-0.1, -0.05) is 0 Å². The van der Waals surface area contributed by atoms with E-state index in [1.807, 2.05) is 0 Å². The molecule has 1 aromatic carbocycles. The molecule has 2 rings (SSSR count). The first kappa shape index (κ1) is 14.2. The molecule has 1 aliphatic carbocycles. The lowest BCUT2D eigenvalue weighted by molar-refractivity contribution is 0.178. The Balaban J connectivity index is 2.03. The summed E-state index contributed by atoms with van der Waals surface area (Å²) in [7, 11) is -3.73. The standard InChI is InChI=1S/C12H17FN2O3S/c13-11-6-10(3-4-12(11)14)19(17,18)15-7-8-1-2-9(16)5-8/h3-4,6,8-9,15-16H,1-2,5,7,14H2. The van der Waals surface area contributed by atoms with Crippen molar-refractivity contribution in [2.45, 2.75) is 30.3 Å². The number of nitrogens with one attached hydrogen (secondary N) is 1. The Morgan fingerprint density at radius 2 is 2.16 bits per heavy atom. The predicted molar refractivity (Wildman–Crippen MR) is 69.3 cm³/mol.